The lowest BCUT2D eigenvalue weighted by atomic mass is 10.0. The molecule has 1 unspecified atom stereocenters. The minimum absolute atomic E-state index is 0.280. The zero-order chi connectivity index (χ0) is 14.1. The Morgan fingerprint density at radius 1 is 1.20 bits per heavy atom. The lowest BCUT2D eigenvalue weighted by Gasteiger charge is -2.28. The molecule has 0 saturated carbocycles. The van der Waals surface area contributed by atoms with E-state index in [0.717, 1.165) is 13.1 Å². The highest BCUT2D eigenvalue weighted by atomic mass is 15.3. The van der Waals surface area contributed by atoms with Gasteiger partial charge in [-0.15, -0.1) is 0 Å². The molecular formula is C17H21N3. The summed E-state index contributed by atoms with van der Waals surface area (Å²) in [6.07, 6.45) is 0. The van der Waals surface area contributed by atoms with Crippen LogP contribution >= 0.6 is 0 Å². The van der Waals surface area contributed by atoms with Gasteiger partial charge < -0.3 is 10.6 Å². The van der Waals surface area contributed by atoms with E-state index < -0.39 is 0 Å². The van der Waals surface area contributed by atoms with Crippen molar-refractivity contribution < 1.29 is 0 Å². The number of fused-ring (bicyclic) bond motifs is 1. The van der Waals surface area contributed by atoms with Crippen LogP contribution in [-0.2, 0) is 0 Å². The van der Waals surface area contributed by atoms with Gasteiger partial charge in [-0.1, -0.05) is 50.2 Å². The van der Waals surface area contributed by atoms with Gasteiger partial charge in [-0.3, -0.25) is 4.99 Å². The van der Waals surface area contributed by atoms with E-state index in [2.05, 4.69) is 66.2 Å². The molecule has 104 valence electrons. The quantitative estimate of drug-likeness (QED) is 0.928. The SMILES string of the molecule is CC(C)CN1C(N)=NCC1c1ccc2ccccc2c1. The Kier molecular flexibility index (Phi) is 3.35. The summed E-state index contributed by atoms with van der Waals surface area (Å²) in [6.45, 7) is 6.13. The van der Waals surface area contributed by atoms with Gasteiger partial charge in [0.05, 0.1) is 12.6 Å². The molecule has 0 fully saturated rings. The maximum atomic E-state index is 6.04. The first-order valence-corrected chi connectivity index (χ1v) is 7.20. The predicted octanol–water partition coefficient (Wildman–Crippen LogP) is 3.17. The van der Waals surface area contributed by atoms with Crippen molar-refractivity contribution in [2.45, 2.75) is 19.9 Å². The second kappa shape index (κ2) is 5.16. The third-order valence-corrected chi connectivity index (χ3v) is 3.82. The van der Waals surface area contributed by atoms with Crippen molar-refractivity contribution in [1.82, 2.24) is 4.90 Å². The molecule has 1 aliphatic heterocycles. The van der Waals surface area contributed by atoms with Gasteiger partial charge in [0, 0.05) is 6.54 Å². The van der Waals surface area contributed by atoms with Crippen LogP contribution in [0.4, 0.5) is 0 Å². The van der Waals surface area contributed by atoms with Crippen LogP contribution in [0.2, 0.25) is 0 Å². The second-order valence-electron chi connectivity index (χ2n) is 5.87. The molecule has 0 aliphatic carbocycles. The molecule has 0 radical (unpaired) electrons. The number of nitrogens with two attached hydrogens (primary N) is 1. The van der Waals surface area contributed by atoms with Gasteiger partial charge in [0.15, 0.2) is 5.96 Å². The molecule has 0 aromatic heterocycles. The molecule has 3 nitrogen and oxygen atoms in total. The van der Waals surface area contributed by atoms with Crippen LogP contribution in [0.5, 0.6) is 0 Å². The Hall–Kier alpha value is -2.03. The Labute approximate surface area is 120 Å². The van der Waals surface area contributed by atoms with E-state index in [1.165, 1.54) is 16.3 Å². The van der Waals surface area contributed by atoms with E-state index in [-0.39, 0.29) is 6.04 Å². The molecular weight excluding hydrogens is 246 g/mol. The van der Waals surface area contributed by atoms with E-state index in [4.69, 9.17) is 5.73 Å². The number of aliphatic imine (C=N–C) groups is 1. The number of hydrogen-bond acceptors (Lipinski definition) is 3. The van der Waals surface area contributed by atoms with E-state index in [9.17, 15) is 0 Å². The predicted molar refractivity (Wildman–Crippen MR) is 84.7 cm³/mol. The fraction of sp³-hybridized carbons (Fsp3) is 0.353. The molecule has 20 heavy (non-hydrogen) atoms. The highest BCUT2D eigenvalue weighted by molar-refractivity contribution is 5.84. The summed E-state index contributed by atoms with van der Waals surface area (Å²) < 4.78 is 0. The third kappa shape index (κ3) is 2.36. The van der Waals surface area contributed by atoms with Crippen molar-refractivity contribution in [1.29, 1.82) is 0 Å². The first-order valence-electron chi connectivity index (χ1n) is 7.20. The molecule has 1 aliphatic rings. The normalized spacial score (nSPS) is 18.9. The number of benzene rings is 2. The topological polar surface area (TPSA) is 41.6 Å². The lowest BCUT2D eigenvalue weighted by molar-refractivity contribution is 0.309. The van der Waals surface area contributed by atoms with Crippen LogP contribution in [0, 0.1) is 5.92 Å². The van der Waals surface area contributed by atoms with Crippen molar-refractivity contribution in [3.8, 4) is 0 Å². The van der Waals surface area contributed by atoms with Gasteiger partial charge in [0.25, 0.3) is 0 Å². The van der Waals surface area contributed by atoms with Gasteiger partial charge in [0.2, 0.25) is 0 Å². The average molecular weight is 267 g/mol. The fourth-order valence-corrected chi connectivity index (χ4v) is 2.84. The second-order valence-corrected chi connectivity index (χ2v) is 5.87. The Morgan fingerprint density at radius 3 is 2.70 bits per heavy atom. The molecule has 2 N–H and O–H groups in total. The average Bonchev–Trinajstić information content (AvgIpc) is 2.79. The first kappa shape index (κ1) is 13.0. The molecule has 0 bridgehead atoms. The summed E-state index contributed by atoms with van der Waals surface area (Å²) in [5.41, 5.74) is 7.34. The summed E-state index contributed by atoms with van der Waals surface area (Å²) in [6, 6.07) is 15.4. The minimum atomic E-state index is 0.280. The number of nitrogens with zero attached hydrogens (tertiary/aromatic N) is 2. The molecule has 3 rings (SSSR count). The molecule has 3 heteroatoms. The van der Waals surface area contributed by atoms with Gasteiger partial charge in [-0.25, -0.2) is 0 Å². The summed E-state index contributed by atoms with van der Waals surface area (Å²) >= 11 is 0. The van der Waals surface area contributed by atoms with E-state index >= 15 is 0 Å². The minimum Gasteiger partial charge on any atom is -0.370 e. The first-order chi connectivity index (χ1) is 9.65. The largest absolute Gasteiger partial charge is 0.370 e. The third-order valence-electron chi connectivity index (χ3n) is 3.82. The van der Waals surface area contributed by atoms with E-state index in [1.807, 2.05) is 0 Å². The van der Waals surface area contributed by atoms with Gasteiger partial charge in [-0.2, -0.15) is 0 Å². The lowest BCUT2D eigenvalue weighted by Crippen LogP contribution is -2.38. The van der Waals surface area contributed by atoms with Crippen molar-refractivity contribution >= 4 is 16.7 Å². The van der Waals surface area contributed by atoms with Crippen molar-refractivity contribution in [3.05, 3.63) is 48.0 Å². The summed E-state index contributed by atoms with van der Waals surface area (Å²) in [5.74, 6) is 1.25. The van der Waals surface area contributed by atoms with E-state index in [1.54, 1.807) is 0 Å². The van der Waals surface area contributed by atoms with Gasteiger partial charge in [-0.05, 0) is 28.3 Å². The summed E-state index contributed by atoms with van der Waals surface area (Å²) in [4.78, 5) is 6.66. The highest BCUT2D eigenvalue weighted by Crippen LogP contribution is 2.28. The summed E-state index contributed by atoms with van der Waals surface area (Å²) in [5, 5.41) is 2.55. The number of rotatable bonds is 3. The molecule has 2 aromatic rings. The molecule has 0 spiro atoms. The summed E-state index contributed by atoms with van der Waals surface area (Å²) in [7, 11) is 0. The van der Waals surface area contributed by atoms with Crippen LogP contribution in [0.1, 0.15) is 25.5 Å². The molecule has 0 amide bonds. The highest BCUT2D eigenvalue weighted by Gasteiger charge is 2.27. The van der Waals surface area contributed by atoms with Crippen LogP contribution in [0.3, 0.4) is 0 Å². The maximum absolute atomic E-state index is 6.04. The molecule has 2 aromatic carbocycles. The van der Waals surface area contributed by atoms with Crippen LogP contribution in [0.25, 0.3) is 10.8 Å². The molecule has 0 saturated heterocycles. The van der Waals surface area contributed by atoms with Crippen molar-refractivity contribution in [2.75, 3.05) is 13.1 Å². The number of guanidine groups is 1. The zero-order valence-corrected chi connectivity index (χ0v) is 12.1. The number of hydrogen-bond donors (Lipinski definition) is 1. The van der Waals surface area contributed by atoms with E-state index in [0.29, 0.717) is 11.9 Å². The van der Waals surface area contributed by atoms with Gasteiger partial charge >= 0.3 is 0 Å². The monoisotopic (exact) mass is 267 g/mol. The molecule has 1 atom stereocenters. The molecule has 1 heterocycles. The standard InChI is InChI=1S/C17H21N3/c1-12(2)11-20-16(10-19-17(20)18)15-8-7-13-5-3-4-6-14(13)9-15/h3-9,12,16H,10-11H2,1-2H3,(H2,18,19). The fourth-order valence-electron chi connectivity index (χ4n) is 2.84. The van der Waals surface area contributed by atoms with Crippen molar-refractivity contribution in [2.24, 2.45) is 16.6 Å². The Bertz CT molecular complexity index is 645. The van der Waals surface area contributed by atoms with Crippen LogP contribution < -0.4 is 5.73 Å². The van der Waals surface area contributed by atoms with Crippen LogP contribution in [0.15, 0.2) is 47.5 Å². The maximum Gasteiger partial charge on any atom is 0.191 e. The van der Waals surface area contributed by atoms with Crippen molar-refractivity contribution in [3.63, 3.8) is 0 Å². The smallest absolute Gasteiger partial charge is 0.191 e. The Balaban J connectivity index is 1.93. The van der Waals surface area contributed by atoms with Crippen LogP contribution in [-0.4, -0.2) is 23.9 Å². The Morgan fingerprint density at radius 2 is 1.95 bits per heavy atom. The van der Waals surface area contributed by atoms with Gasteiger partial charge in [0.1, 0.15) is 0 Å². The zero-order valence-electron chi connectivity index (χ0n) is 12.1.